The maximum atomic E-state index is 13.8. The number of rotatable bonds is 5. The third-order valence-corrected chi connectivity index (χ3v) is 7.93. The molecule has 6 nitrogen and oxygen atoms in total. The molecule has 1 aromatic carbocycles. The van der Waals surface area contributed by atoms with Crippen LogP contribution in [0.2, 0.25) is 0 Å². The Kier molecular flexibility index (Phi) is 5.45. The Labute approximate surface area is 192 Å². The summed E-state index contributed by atoms with van der Waals surface area (Å²) in [5.41, 5.74) is 0.532. The number of methoxy groups -OCH3 is 1. The fourth-order valence-electron chi connectivity index (χ4n) is 5.10. The van der Waals surface area contributed by atoms with Crippen LogP contribution >= 0.6 is 11.3 Å². The predicted octanol–water partition coefficient (Wildman–Crippen LogP) is 4.58. The number of fused-ring (bicyclic) bond motifs is 3. The molecule has 2 aromatic heterocycles. The summed E-state index contributed by atoms with van der Waals surface area (Å²) < 4.78 is 7.56. The summed E-state index contributed by atoms with van der Waals surface area (Å²) in [5, 5.41) is 6.36. The van der Waals surface area contributed by atoms with Gasteiger partial charge in [0.05, 0.1) is 20.2 Å². The molecule has 7 heteroatoms. The van der Waals surface area contributed by atoms with E-state index in [1.54, 1.807) is 23.3 Å². The Hall–Kier alpha value is -2.80. The van der Waals surface area contributed by atoms with Crippen LogP contribution in [-0.2, 0) is 17.9 Å². The van der Waals surface area contributed by atoms with Crippen molar-refractivity contribution in [2.45, 2.75) is 63.7 Å². The summed E-state index contributed by atoms with van der Waals surface area (Å²) >= 11 is 1.61. The number of thiophene rings is 1. The van der Waals surface area contributed by atoms with Crippen molar-refractivity contribution >= 4 is 33.4 Å². The van der Waals surface area contributed by atoms with Gasteiger partial charge in [-0.15, -0.1) is 11.3 Å². The van der Waals surface area contributed by atoms with Crippen LogP contribution in [0.3, 0.4) is 0 Å². The standard InChI is InChI=1S/C25H29N3O3S/c1-25(24(30)26-19-9-4-3-5-10-19)16-27-20(14-17-12-13-32-23(17)27)22(29)28(25)15-18-8-6-7-11-21(18)31-2/h6-8,11-14,19H,3-5,9-10,15-16H2,1-2H3,(H,26,30). The van der Waals surface area contributed by atoms with E-state index in [2.05, 4.69) is 5.32 Å². The van der Waals surface area contributed by atoms with E-state index in [0.29, 0.717) is 18.8 Å². The Balaban J connectivity index is 1.54. The van der Waals surface area contributed by atoms with Gasteiger partial charge in [-0.1, -0.05) is 37.5 Å². The molecular weight excluding hydrogens is 422 g/mol. The van der Waals surface area contributed by atoms with Crippen molar-refractivity contribution < 1.29 is 14.3 Å². The molecule has 1 saturated carbocycles. The average molecular weight is 452 g/mol. The van der Waals surface area contributed by atoms with E-state index in [1.807, 2.05) is 53.3 Å². The highest BCUT2D eigenvalue weighted by Gasteiger charge is 2.48. The second kappa shape index (κ2) is 8.28. The number of hydrogen-bond acceptors (Lipinski definition) is 4. The molecule has 0 saturated heterocycles. The van der Waals surface area contributed by atoms with Gasteiger partial charge < -0.3 is 19.5 Å². The van der Waals surface area contributed by atoms with Crippen molar-refractivity contribution in [1.29, 1.82) is 0 Å². The molecule has 1 aliphatic heterocycles. The lowest BCUT2D eigenvalue weighted by atomic mass is 9.91. The Morgan fingerprint density at radius 2 is 2.00 bits per heavy atom. The van der Waals surface area contributed by atoms with E-state index in [4.69, 9.17) is 4.74 Å². The zero-order valence-corrected chi connectivity index (χ0v) is 19.4. The maximum Gasteiger partial charge on any atom is 0.271 e. The van der Waals surface area contributed by atoms with Crippen LogP contribution in [0, 0.1) is 0 Å². The molecule has 32 heavy (non-hydrogen) atoms. The molecule has 168 valence electrons. The number of carbonyl (C=O) groups is 2. The lowest BCUT2D eigenvalue weighted by molar-refractivity contribution is -0.134. The summed E-state index contributed by atoms with van der Waals surface area (Å²) in [6.45, 7) is 2.66. The van der Waals surface area contributed by atoms with Gasteiger partial charge >= 0.3 is 0 Å². The first-order valence-electron chi connectivity index (χ1n) is 11.3. The van der Waals surface area contributed by atoms with Crippen molar-refractivity contribution in [1.82, 2.24) is 14.8 Å². The molecule has 3 aromatic rings. The van der Waals surface area contributed by atoms with E-state index in [0.717, 1.165) is 47.2 Å². The molecule has 0 radical (unpaired) electrons. The Morgan fingerprint density at radius 3 is 2.78 bits per heavy atom. The van der Waals surface area contributed by atoms with Gasteiger partial charge in [0.2, 0.25) is 5.91 Å². The summed E-state index contributed by atoms with van der Waals surface area (Å²) in [7, 11) is 1.63. The third kappa shape index (κ3) is 3.48. The van der Waals surface area contributed by atoms with Gasteiger partial charge in [0.15, 0.2) is 0 Å². The van der Waals surface area contributed by atoms with E-state index < -0.39 is 5.54 Å². The topological polar surface area (TPSA) is 63.6 Å². The van der Waals surface area contributed by atoms with Crippen molar-refractivity contribution in [3.63, 3.8) is 0 Å². The summed E-state index contributed by atoms with van der Waals surface area (Å²) in [5.74, 6) is 0.529. The highest BCUT2D eigenvalue weighted by molar-refractivity contribution is 7.16. The number of hydrogen-bond donors (Lipinski definition) is 1. The number of nitrogens with one attached hydrogen (secondary N) is 1. The quantitative estimate of drug-likeness (QED) is 0.618. The predicted molar refractivity (Wildman–Crippen MR) is 126 cm³/mol. The lowest BCUT2D eigenvalue weighted by Crippen LogP contribution is -2.64. The Bertz CT molecular complexity index is 1160. The minimum Gasteiger partial charge on any atom is -0.496 e. The second-order valence-corrected chi connectivity index (χ2v) is 9.98. The van der Waals surface area contributed by atoms with Crippen LogP contribution in [-0.4, -0.2) is 40.0 Å². The smallest absolute Gasteiger partial charge is 0.271 e. The van der Waals surface area contributed by atoms with E-state index in [-0.39, 0.29) is 17.9 Å². The molecule has 0 bridgehead atoms. The summed E-state index contributed by atoms with van der Waals surface area (Å²) in [4.78, 5) is 30.3. The first-order valence-corrected chi connectivity index (χ1v) is 12.2. The number of carbonyl (C=O) groups excluding carboxylic acids is 2. The molecule has 2 aliphatic rings. The molecule has 1 aliphatic carbocycles. The minimum absolute atomic E-state index is 0.0725. The second-order valence-electron chi connectivity index (χ2n) is 9.08. The number of nitrogens with zero attached hydrogens (tertiary/aromatic N) is 2. The van der Waals surface area contributed by atoms with Crippen LogP contribution in [0.4, 0.5) is 0 Å². The van der Waals surface area contributed by atoms with Gasteiger partial charge in [-0.25, -0.2) is 0 Å². The van der Waals surface area contributed by atoms with E-state index in [9.17, 15) is 9.59 Å². The van der Waals surface area contributed by atoms with Gasteiger partial charge in [-0.3, -0.25) is 9.59 Å². The van der Waals surface area contributed by atoms with Gasteiger partial charge in [0.1, 0.15) is 21.8 Å². The molecule has 1 unspecified atom stereocenters. The monoisotopic (exact) mass is 451 g/mol. The molecule has 5 rings (SSSR count). The first kappa shape index (κ1) is 21.1. The van der Waals surface area contributed by atoms with Crippen molar-refractivity contribution in [2.24, 2.45) is 0 Å². The molecular formula is C25H29N3O3S. The normalized spacial score (nSPS) is 21.6. The highest BCUT2D eigenvalue weighted by Crippen LogP contribution is 2.36. The van der Waals surface area contributed by atoms with Crippen LogP contribution in [0.5, 0.6) is 5.75 Å². The van der Waals surface area contributed by atoms with E-state index >= 15 is 0 Å². The van der Waals surface area contributed by atoms with Crippen LogP contribution < -0.4 is 10.1 Å². The van der Waals surface area contributed by atoms with Crippen LogP contribution in [0.15, 0.2) is 41.8 Å². The molecule has 3 heterocycles. The fraction of sp³-hybridized carbons (Fsp3) is 0.440. The lowest BCUT2D eigenvalue weighted by Gasteiger charge is -2.45. The number of benzene rings is 1. The summed E-state index contributed by atoms with van der Waals surface area (Å²) in [6.07, 6.45) is 5.52. The van der Waals surface area contributed by atoms with Crippen LogP contribution in [0.1, 0.15) is 55.1 Å². The van der Waals surface area contributed by atoms with Crippen molar-refractivity contribution in [3.05, 3.63) is 53.0 Å². The van der Waals surface area contributed by atoms with Gasteiger partial charge in [0, 0.05) is 17.0 Å². The third-order valence-electron chi connectivity index (χ3n) is 6.98. The van der Waals surface area contributed by atoms with Crippen LogP contribution in [0.25, 0.3) is 10.2 Å². The number of ether oxygens (including phenoxy) is 1. The molecule has 1 N–H and O–H groups in total. The van der Waals surface area contributed by atoms with Gasteiger partial charge in [-0.05, 0) is 43.3 Å². The highest BCUT2D eigenvalue weighted by atomic mass is 32.1. The average Bonchev–Trinajstić information content (AvgIpc) is 3.40. The molecule has 1 atom stereocenters. The maximum absolute atomic E-state index is 13.8. The van der Waals surface area contributed by atoms with E-state index in [1.165, 1.54) is 6.42 Å². The summed E-state index contributed by atoms with van der Waals surface area (Å²) in [6, 6.07) is 11.9. The van der Waals surface area contributed by atoms with Gasteiger partial charge in [-0.2, -0.15) is 0 Å². The van der Waals surface area contributed by atoms with Crippen molar-refractivity contribution in [2.75, 3.05) is 7.11 Å². The Morgan fingerprint density at radius 1 is 1.22 bits per heavy atom. The zero-order valence-electron chi connectivity index (χ0n) is 18.6. The van der Waals surface area contributed by atoms with Gasteiger partial charge in [0.25, 0.3) is 5.91 Å². The minimum atomic E-state index is -1.00. The molecule has 0 spiro atoms. The largest absolute Gasteiger partial charge is 0.496 e. The SMILES string of the molecule is COc1ccccc1CN1C(=O)c2cc3ccsc3n2CC1(C)C(=O)NC1CCCCC1. The zero-order chi connectivity index (χ0) is 22.3. The van der Waals surface area contributed by atoms with Crippen molar-refractivity contribution in [3.8, 4) is 5.75 Å². The number of para-hydroxylation sites is 1. The molecule has 2 amide bonds. The molecule has 1 fully saturated rings. The number of amides is 2. The first-order chi connectivity index (χ1) is 15.5. The fourth-order valence-corrected chi connectivity index (χ4v) is 5.99. The number of aromatic nitrogens is 1.